The highest BCUT2D eigenvalue weighted by Gasteiger charge is 2.17. The van der Waals surface area contributed by atoms with Gasteiger partial charge in [-0.05, 0) is 27.3 Å². The number of rotatable bonds is 7. The van der Waals surface area contributed by atoms with Gasteiger partial charge in [-0.3, -0.25) is 0 Å². The van der Waals surface area contributed by atoms with Crippen LogP contribution in [0.1, 0.15) is 27.2 Å². The molecule has 0 atom stereocenters. The fraction of sp³-hybridized carbons (Fsp3) is 1.00. The van der Waals surface area contributed by atoms with Crippen molar-refractivity contribution in [3.63, 3.8) is 0 Å². The van der Waals surface area contributed by atoms with Crippen molar-refractivity contribution in [1.82, 2.24) is 5.32 Å². The molecule has 0 bridgehead atoms. The van der Waals surface area contributed by atoms with Gasteiger partial charge >= 0.3 is 0 Å². The van der Waals surface area contributed by atoms with Gasteiger partial charge in [0.05, 0.1) is 6.61 Å². The van der Waals surface area contributed by atoms with Gasteiger partial charge in [0.15, 0.2) is 5.79 Å². The zero-order valence-corrected chi connectivity index (χ0v) is 8.64. The Morgan fingerprint density at radius 1 is 1.17 bits per heavy atom. The van der Waals surface area contributed by atoms with Crippen LogP contribution in [0, 0.1) is 0 Å². The molecule has 0 aromatic heterocycles. The lowest BCUT2D eigenvalue weighted by atomic mass is 10.4. The molecule has 0 aliphatic heterocycles. The third-order valence-corrected chi connectivity index (χ3v) is 1.46. The normalized spacial score (nSPS) is 12.0. The van der Waals surface area contributed by atoms with Crippen molar-refractivity contribution in [3.05, 3.63) is 0 Å². The molecule has 0 spiro atoms. The average molecular weight is 175 g/mol. The Kier molecular flexibility index (Phi) is 6.34. The van der Waals surface area contributed by atoms with Crippen LogP contribution >= 0.6 is 0 Å². The second-order valence-corrected chi connectivity index (χ2v) is 3.20. The van der Waals surface area contributed by atoms with E-state index >= 15 is 0 Å². The van der Waals surface area contributed by atoms with E-state index in [4.69, 9.17) is 9.47 Å². The summed E-state index contributed by atoms with van der Waals surface area (Å²) in [4.78, 5) is 0. The molecule has 12 heavy (non-hydrogen) atoms. The van der Waals surface area contributed by atoms with Crippen molar-refractivity contribution >= 4 is 0 Å². The molecule has 1 N–H and O–H groups in total. The Hall–Kier alpha value is -0.120. The smallest absolute Gasteiger partial charge is 0.162 e. The highest BCUT2D eigenvalue weighted by Crippen LogP contribution is 2.10. The summed E-state index contributed by atoms with van der Waals surface area (Å²) in [5.74, 6) is -0.438. The van der Waals surface area contributed by atoms with Crippen molar-refractivity contribution in [3.8, 4) is 0 Å². The first-order chi connectivity index (χ1) is 5.62. The predicted molar refractivity (Wildman–Crippen MR) is 50.2 cm³/mol. The van der Waals surface area contributed by atoms with E-state index < -0.39 is 5.79 Å². The molecule has 0 saturated heterocycles. The molecule has 0 rings (SSSR count). The first kappa shape index (κ1) is 11.9. The van der Waals surface area contributed by atoms with E-state index in [1.165, 1.54) is 0 Å². The average Bonchev–Trinajstić information content (AvgIpc) is 2.01. The van der Waals surface area contributed by atoms with Crippen LogP contribution in [-0.2, 0) is 9.47 Å². The number of ether oxygens (including phenoxy) is 2. The van der Waals surface area contributed by atoms with Crippen molar-refractivity contribution in [1.29, 1.82) is 0 Å². The van der Waals surface area contributed by atoms with E-state index in [9.17, 15) is 0 Å². The minimum absolute atomic E-state index is 0.438. The van der Waals surface area contributed by atoms with Gasteiger partial charge < -0.3 is 14.8 Å². The zero-order chi connectivity index (χ0) is 9.45. The standard InChI is InChI=1S/C9H21NO2/c1-5-7-11-9(2,3)12-8-6-10-4/h10H,5-8H2,1-4H3. The second-order valence-electron chi connectivity index (χ2n) is 3.20. The zero-order valence-electron chi connectivity index (χ0n) is 8.64. The van der Waals surface area contributed by atoms with Gasteiger partial charge in [-0.25, -0.2) is 0 Å². The maximum absolute atomic E-state index is 5.49. The van der Waals surface area contributed by atoms with Crippen molar-refractivity contribution in [2.45, 2.75) is 33.0 Å². The van der Waals surface area contributed by atoms with Crippen LogP contribution in [0.2, 0.25) is 0 Å². The predicted octanol–water partition coefficient (Wildman–Crippen LogP) is 1.39. The number of hydrogen-bond acceptors (Lipinski definition) is 3. The molecule has 0 aliphatic rings. The third-order valence-electron chi connectivity index (χ3n) is 1.46. The van der Waals surface area contributed by atoms with Gasteiger partial charge in [0.25, 0.3) is 0 Å². The number of hydrogen-bond donors (Lipinski definition) is 1. The molecule has 0 fully saturated rings. The minimum atomic E-state index is -0.438. The van der Waals surface area contributed by atoms with Crippen LogP contribution in [0.3, 0.4) is 0 Å². The first-order valence-electron chi connectivity index (χ1n) is 4.55. The third kappa shape index (κ3) is 6.58. The van der Waals surface area contributed by atoms with Crippen molar-refractivity contribution in [2.24, 2.45) is 0 Å². The van der Waals surface area contributed by atoms with Gasteiger partial charge in [-0.2, -0.15) is 0 Å². The van der Waals surface area contributed by atoms with Crippen molar-refractivity contribution in [2.75, 3.05) is 26.8 Å². The van der Waals surface area contributed by atoms with E-state index in [1.54, 1.807) is 0 Å². The van der Waals surface area contributed by atoms with Crippen LogP contribution < -0.4 is 5.32 Å². The maximum atomic E-state index is 5.49. The molecule has 0 saturated carbocycles. The molecule has 0 amide bonds. The molecule has 74 valence electrons. The lowest BCUT2D eigenvalue weighted by Gasteiger charge is -2.25. The van der Waals surface area contributed by atoms with E-state index in [2.05, 4.69) is 12.2 Å². The monoisotopic (exact) mass is 175 g/mol. The fourth-order valence-corrected chi connectivity index (χ4v) is 0.788. The quantitative estimate of drug-likeness (QED) is 0.468. The molecule has 0 aromatic carbocycles. The van der Waals surface area contributed by atoms with Gasteiger partial charge in [-0.15, -0.1) is 0 Å². The van der Waals surface area contributed by atoms with Crippen LogP contribution in [0.25, 0.3) is 0 Å². The SMILES string of the molecule is CCCOC(C)(C)OCCNC. The van der Waals surface area contributed by atoms with E-state index in [0.717, 1.165) is 19.6 Å². The largest absolute Gasteiger partial charge is 0.351 e. The Balaban J connectivity index is 3.42. The van der Waals surface area contributed by atoms with Crippen LogP contribution in [0.15, 0.2) is 0 Å². The Morgan fingerprint density at radius 2 is 1.75 bits per heavy atom. The highest BCUT2D eigenvalue weighted by atomic mass is 16.7. The first-order valence-corrected chi connectivity index (χ1v) is 4.55. The van der Waals surface area contributed by atoms with Crippen LogP contribution in [0.4, 0.5) is 0 Å². The summed E-state index contributed by atoms with van der Waals surface area (Å²) in [6.07, 6.45) is 1.03. The molecular weight excluding hydrogens is 154 g/mol. The number of likely N-dealkylation sites (N-methyl/N-ethyl adjacent to an activating group) is 1. The highest BCUT2D eigenvalue weighted by molar-refractivity contribution is 4.53. The van der Waals surface area contributed by atoms with E-state index in [-0.39, 0.29) is 0 Å². The summed E-state index contributed by atoms with van der Waals surface area (Å²) in [7, 11) is 1.91. The fourth-order valence-electron chi connectivity index (χ4n) is 0.788. The Labute approximate surface area is 75.4 Å². The molecule has 0 heterocycles. The molecular formula is C9H21NO2. The topological polar surface area (TPSA) is 30.5 Å². The molecule has 0 radical (unpaired) electrons. The van der Waals surface area contributed by atoms with Crippen molar-refractivity contribution < 1.29 is 9.47 Å². The summed E-state index contributed by atoms with van der Waals surface area (Å²) in [6.45, 7) is 8.28. The summed E-state index contributed by atoms with van der Waals surface area (Å²) in [5, 5.41) is 3.02. The van der Waals surface area contributed by atoms with Gasteiger partial charge in [0.2, 0.25) is 0 Å². The maximum Gasteiger partial charge on any atom is 0.162 e. The molecule has 3 heteroatoms. The van der Waals surface area contributed by atoms with Gasteiger partial charge in [0, 0.05) is 13.2 Å². The molecule has 3 nitrogen and oxygen atoms in total. The van der Waals surface area contributed by atoms with Gasteiger partial charge in [-0.1, -0.05) is 6.92 Å². The molecule has 0 unspecified atom stereocenters. The Bertz CT molecular complexity index is 105. The van der Waals surface area contributed by atoms with Crippen LogP contribution in [-0.4, -0.2) is 32.6 Å². The lowest BCUT2D eigenvalue weighted by Crippen LogP contribution is -2.31. The number of nitrogens with one attached hydrogen (secondary N) is 1. The Morgan fingerprint density at radius 3 is 2.25 bits per heavy atom. The second kappa shape index (κ2) is 6.40. The summed E-state index contributed by atoms with van der Waals surface area (Å²) in [5.41, 5.74) is 0. The lowest BCUT2D eigenvalue weighted by molar-refractivity contribution is -0.212. The van der Waals surface area contributed by atoms with E-state index in [0.29, 0.717) is 6.61 Å². The molecule has 0 aliphatic carbocycles. The van der Waals surface area contributed by atoms with Crippen LogP contribution in [0.5, 0.6) is 0 Å². The molecule has 0 aromatic rings. The minimum Gasteiger partial charge on any atom is -0.351 e. The summed E-state index contributed by atoms with van der Waals surface area (Å²) in [6, 6.07) is 0. The van der Waals surface area contributed by atoms with E-state index in [1.807, 2.05) is 20.9 Å². The summed E-state index contributed by atoms with van der Waals surface area (Å²) < 4.78 is 11.0. The summed E-state index contributed by atoms with van der Waals surface area (Å²) >= 11 is 0. The van der Waals surface area contributed by atoms with Gasteiger partial charge in [0.1, 0.15) is 0 Å².